The zero-order valence-corrected chi connectivity index (χ0v) is 42.9. The molecule has 2 aromatic heterocycles. The molecule has 0 spiro atoms. The van der Waals surface area contributed by atoms with Crippen molar-refractivity contribution in [1.29, 1.82) is 0 Å². The van der Waals surface area contributed by atoms with E-state index < -0.39 is 0 Å². The minimum Gasteiger partial charge on any atom is -0.255 e. The fourth-order valence-electron chi connectivity index (χ4n) is 11.3. The van der Waals surface area contributed by atoms with E-state index in [1.807, 2.05) is 6.20 Å². The van der Waals surface area contributed by atoms with Gasteiger partial charge in [-0.15, -0.1) is 0 Å². The number of fused-ring (bicyclic) bond motifs is 3. The van der Waals surface area contributed by atoms with Crippen LogP contribution < -0.4 is 0 Å². The Morgan fingerprint density at radius 3 is 1.45 bits per heavy atom. The van der Waals surface area contributed by atoms with Crippen LogP contribution in [0.3, 0.4) is 0 Å². The topological polar surface area (TPSA) is 51.6 Å². The molecule has 1 aliphatic rings. The summed E-state index contributed by atoms with van der Waals surface area (Å²) in [4.78, 5) is 20.6. The van der Waals surface area contributed by atoms with Gasteiger partial charge in [-0.2, -0.15) is 0 Å². The van der Waals surface area contributed by atoms with Crippen LogP contribution >= 0.6 is 0 Å². The third-order valence-electron chi connectivity index (χ3n) is 14.2. The molecule has 4 nitrogen and oxygen atoms in total. The second kappa shape index (κ2) is 18.4. The number of hydrogen-bond donors (Lipinski definition) is 0. The lowest BCUT2D eigenvalue weighted by Crippen LogP contribution is -2.24. The maximum Gasteiger partial charge on any atom is 0.165 e. The van der Waals surface area contributed by atoms with Crippen LogP contribution in [0.5, 0.6) is 0 Å². The van der Waals surface area contributed by atoms with Crippen molar-refractivity contribution in [2.24, 2.45) is 10.8 Å². The molecule has 1 aliphatic carbocycles. The van der Waals surface area contributed by atoms with Crippen molar-refractivity contribution in [3.63, 3.8) is 0 Å². The molecule has 0 saturated carbocycles. The Hall–Kier alpha value is -5.74. The Morgan fingerprint density at radius 2 is 0.955 bits per heavy atom. The number of aryl methyl sites for hydroxylation is 2. The highest BCUT2D eigenvalue weighted by molar-refractivity contribution is 5.86. The molecule has 0 amide bonds. The van der Waals surface area contributed by atoms with Gasteiger partial charge in [0, 0.05) is 33.9 Å². The van der Waals surface area contributed by atoms with E-state index in [9.17, 15) is 0 Å². The first-order valence-electron chi connectivity index (χ1n) is 24.9. The molecule has 0 fully saturated rings. The van der Waals surface area contributed by atoms with Gasteiger partial charge in [-0.05, 0) is 124 Å². The highest BCUT2D eigenvalue weighted by Gasteiger charge is 2.41. The minimum atomic E-state index is -0.299. The maximum absolute atomic E-state index is 5.15. The van der Waals surface area contributed by atoms with Crippen LogP contribution in [0.1, 0.15) is 161 Å². The molecule has 5 aromatic carbocycles. The van der Waals surface area contributed by atoms with E-state index in [0.717, 1.165) is 47.2 Å². The molecule has 4 heteroatoms. The third-order valence-corrected chi connectivity index (χ3v) is 14.2. The Morgan fingerprint density at radius 1 is 0.478 bits per heavy atom. The third kappa shape index (κ3) is 10.4. The minimum absolute atomic E-state index is 0.0292. The normalized spacial score (nSPS) is 15.1. The van der Waals surface area contributed by atoms with Crippen molar-refractivity contribution < 1.29 is 0 Å². The maximum atomic E-state index is 5.15. The Kier molecular flexibility index (Phi) is 13.1. The number of hydrogen-bond acceptors (Lipinski definition) is 4. The summed E-state index contributed by atoms with van der Waals surface area (Å²) in [6.45, 7) is 30.1. The van der Waals surface area contributed by atoms with Crippen LogP contribution in [-0.2, 0) is 22.7 Å². The largest absolute Gasteiger partial charge is 0.255 e. The molecular formula is C63H74N4. The standard InChI is InChI=1S/C63H74N4/c1-14-15-16-17-18-43-20-28-50(29-21-43)63(13)53-37-42(2)19-34-51(53)52-35-26-46(38-54(52)63)55-36-27-47(39-64-55)58-66-56(44-22-30-48(31-23-44)61(9,10)40-59(3,4)5)65-57(67-58)45-24-32-49(33-25-45)62(11,12)41-60(6,7)8/h19-39H,14-18,40-41H2,1-13H3. The van der Waals surface area contributed by atoms with Crippen LogP contribution in [0.25, 0.3) is 56.5 Å². The fourth-order valence-corrected chi connectivity index (χ4v) is 11.3. The van der Waals surface area contributed by atoms with Crippen molar-refractivity contribution in [2.75, 3.05) is 0 Å². The molecule has 7 aromatic rings. The zero-order chi connectivity index (χ0) is 47.9. The van der Waals surface area contributed by atoms with E-state index in [0.29, 0.717) is 17.5 Å². The molecule has 1 atom stereocenters. The fraction of sp³-hybridized carbons (Fsp3) is 0.397. The number of nitrogens with zero attached hydrogens (tertiary/aromatic N) is 4. The second-order valence-corrected chi connectivity index (χ2v) is 23.6. The summed E-state index contributed by atoms with van der Waals surface area (Å²) in [5.41, 5.74) is 16.9. The van der Waals surface area contributed by atoms with Gasteiger partial charge >= 0.3 is 0 Å². The van der Waals surface area contributed by atoms with Crippen LogP contribution in [0.2, 0.25) is 0 Å². The lowest BCUT2D eigenvalue weighted by Gasteiger charge is -2.33. The van der Waals surface area contributed by atoms with E-state index in [-0.39, 0.29) is 27.1 Å². The number of benzene rings is 5. The molecule has 0 bridgehead atoms. The lowest BCUT2D eigenvalue weighted by atomic mass is 9.72. The van der Waals surface area contributed by atoms with Crippen LogP contribution in [0.15, 0.2) is 128 Å². The molecule has 0 N–H and O–H groups in total. The summed E-state index contributed by atoms with van der Waals surface area (Å²) < 4.78 is 0. The average Bonchev–Trinajstić information content (AvgIpc) is 3.53. The summed E-state index contributed by atoms with van der Waals surface area (Å²) in [5, 5.41) is 0. The molecule has 1 unspecified atom stereocenters. The molecule has 0 saturated heterocycles. The smallest absolute Gasteiger partial charge is 0.165 e. The van der Waals surface area contributed by atoms with Crippen molar-refractivity contribution >= 4 is 0 Å². The first kappa shape index (κ1) is 47.7. The van der Waals surface area contributed by atoms with E-state index in [1.54, 1.807) is 0 Å². The van der Waals surface area contributed by atoms with Crippen LogP contribution in [0, 0.1) is 17.8 Å². The quantitative estimate of drug-likeness (QED) is 0.102. The van der Waals surface area contributed by atoms with Gasteiger partial charge in [0.15, 0.2) is 17.5 Å². The first-order valence-corrected chi connectivity index (χ1v) is 24.9. The summed E-state index contributed by atoms with van der Waals surface area (Å²) in [5.74, 6) is 1.91. The Balaban J connectivity index is 1.15. The first-order chi connectivity index (χ1) is 31.6. The predicted octanol–water partition coefficient (Wildman–Crippen LogP) is 17.1. The van der Waals surface area contributed by atoms with E-state index in [4.69, 9.17) is 19.9 Å². The molecule has 0 aliphatic heterocycles. The summed E-state index contributed by atoms with van der Waals surface area (Å²) in [6, 6.07) is 45.2. The molecule has 0 radical (unpaired) electrons. The van der Waals surface area contributed by atoms with Gasteiger partial charge < -0.3 is 0 Å². The highest BCUT2D eigenvalue weighted by Crippen LogP contribution is 2.53. The second-order valence-electron chi connectivity index (χ2n) is 23.6. The zero-order valence-electron chi connectivity index (χ0n) is 42.9. The van der Waals surface area contributed by atoms with Crippen molar-refractivity contribution in [2.45, 2.75) is 151 Å². The molecular weight excluding hydrogens is 813 g/mol. The highest BCUT2D eigenvalue weighted by atomic mass is 15.0. The van der Waals surface area contributed by atoms with E-state index >= 15 is 0 Å². The molecule has 2 heterocycles. The van der Waals surface area contributed by atoms with Crippen molar-refractivity contribution in [3.05, 3.63) is 166 Å². The summed E-state index contributed by atoms with van der Waals surface area (Å²) >= 11 is 0. The Labute approximate surface area is 403 Å². The van der Waals surface area contributed by atoms with E-state index in [1.165, 1.54) is 75.8 Å². The summed E-state index contributed by atoms with van der Waals surface area (Å²) in [7, 11) is 0. The van der Waals surface area contributed by atoms with Gasteiger partial charge in [0.1, 0.15) is 0 Å². The molecule has 8 rings (SSSR count). The van der Waals surface area contributed by atoms with Gasteiger partial charge in [0.05, 0.1) is 5.69 Å². The average molecular weight is 887 g/mol. The summed E-state index contributed by atoms with van der Waals surface area (Å²) in [6.07, 6.45) is 10.3. The predicted molar refractivity (Wildman–Crippen MR) is 284 cm³/mol. The number of pyridine rings is 1. The number of aromatic nitrogens is 4. The van der Waals surface area contributed by atoms with Crippen molar-refractivity contribution in [1.82, 2.24) is 19.9 Å². The van der Waals surface area contributed by atoms with Gasteiger partial charge in [-0.3, -0.25) is 4.98 Å². The van der Waals surface area contributed by atoms with Crippen LogP contribution in [0.4, 0.5) is 0 Å². The van der Waals surface area contributed by atoms with Gasteiger partial charge in [0.2, 0.25) is 0 Å². The lowest BCUT2D eigenvalue weighted by molar-refractivity contribution is 0.283. The van der Waals surface area contributed by atoms with Crippen LogP contribution in [-0.4, -0.2) is 19.9 Å². The monoisotopic (exact) mass is 887 g/mol. The Bertz CT molecular complexity index is 2740. The van der Waals surface area contributed by atoms with Gasteiger partial charge in [-0.25, -0.2) is 15.0 Å². The molecule has 346 valence electrons. The van der Waals surface area contributed by atoms with Crippen molar-refractivity contribution in [3.8, 4) is 56.5 Å². The molecule has 67 heavy (non-hydrogen) atoms. The number of unbranched alkanes of at least 4 members (excludes halogenated alkanes) is 3. The van der Waals surface area contributed by atoms with Gasteiger partial charge in [0.25, 0.3) is 0 Å². The number of rotatable bonds is 14. The van der Waals surface area contributed by atoms with Gasteiger partial charge in [-0.1, -0.05) is 204 Å². The SMILES string of the molecule is CCCCCCc1ccc(C2(C)c3cc(C)ccc3-c3ccc(-c4ccc(-c5nc(-c6ccc(C(C)(C)CC(C)(C)C)cc6)nc(-c6ccc(C(C)(C)CC(C)(C)C)cc6)n5)cn4)cc32)cc1. The van der Waals surface area contributed by atoms with E-state index in [2.05, 4.69) is 211 Å².